The van der Waals surface area contributed by atoms with Crippen LogP contribution in [0.1, 0.15) is 26.3 Å². The van der Waals surface area contributed by atoms with Crippen molar-refractivity contribution in [2.75, 3.05) is 0 Å². The molecule has 0 bridgehead atoms. The van der Waals surface area contributed by atoms with Gasteiger partial charge in [0.1, 0.15) is 5.75 Å². The fraction of sp³-hybridized carbons (Fsp3) is 0.364. The lowest BCUT2D eigenvalue weighted by Crippen LogP contribution is -2.17. The first-order valence-corrected chi connectivity index (χ1v) is 4.52. The Balaban J connectivity index is 2.84. The molecule has 76 valence electrons. The lowest BCUT2D eigenvalue weighted by atomic mass is 9.87. The number of amidine groups is 1. The molecule has 3 heteroatoms. The Hall–Kier alpha value is -1.51. The highest BCUT2D eigenvalue weighted by Crippen LogP contribution is 2.24. The van der Waals surface area contributed by atoms with Crippen LogP contribution in [0.5, 0.6) is 5.75 Å². The molecule has 3 nitrogen and oxygen atoms in total. The van der Waals surface area contributed by atoms with Crippen molar-refractivity contribution in [1.29, 1.82) is 5.41 Å². The van der Waals surface area contributed by atoms with Crippen LogP contribution in [0.2, 0.25) is 0 Å². The van der Waals surface area contributed by atoms with Crippen molar-refractivity contribution in [1.82, 2.24) is 0 Å². The van der Waals surface area contributed by atoms with E-state index in [0.717, 1.165) is 0 Å². The van der Waals surface area contributed by atoms with Gasteiger partial charge in [0.25, 0.3) is 6.02 Å². The molecule has 1 rings (SSSR count). The molecular formula is C11H16N2O. The number of rotatable bonds is 1. The number of nitrogens with one attached hydrogen (secondary N) is 1. The van der Waals surface area contributed by atoms with Crippen LogP contribution in [0.4, 0.5) is 0 Å². The van der Waals surface area contributed by atoms with Gasteiger partial charge in [0.15, 0.2) is 0 Å². The smallest absolute Gasteiger partial charge is 0.284 e. The average molecular weight is 192 g/mol. The summed E-state index contributed by atoms with van der Waals surface area (Å²) in [5.74, 6) is 0.602. The largest absolute Gasteiger partial charge is 0.426 e. The van der Waals surface area contributed by atoms with Crippen molar-refractivity contribution in [3.63, 3.8) is 0 Å². The van der Waals surface area contributed by atoms with Crippen LogP contribution < -0.4 is 10.5 Å². The van der Waals surface area contributed by atoms with Crippen molar-refractivity contribution in [2.45, 2.75) is 26.2 Å². The average Bonchev–Trinajstić information content (AvgIpc) is 2.02. The molecule has 0 unspecified atom stereocenters. The van der Waals surface area contributed by atoms with E-state index in [1.54, 1.807) is 0 Å². The predicted molar refractivity (Wildman–Crippen MR) is 57.7 cm³/mol. The summed E-state index contributed by atoms with van der Waals surface area (Å²) in [6.07, 6.45) is 0. The second-order valence-corrected chi connectivity index (χ2v) is 4.24. The second kappa shape index (κ2) is 3.70. The summed E-state index contributed by atoms with van der Waals surface area (Å²) in [5.41, 5.74) is 6.47. The van der Waals surface area contributed by atoms with Crippen molar-refractivity contribution >= 4 is 6.02 Å². The van der Waals surface area contributed by atoms with E-state index in [0.29, 0.717) is 5.75 Å². The first-order valence-electron chi connectivity index (χ1n) is 4.52. The summed E-state index contributed by atoms with van der Waals surface area (Å²) in [6.45, 7) is 6.44. The minimum absolute atomic E-state index is 0.134. The number of ether oxygens (including phenoxy) is 1. The molecule has 0 radical (unpaired) electrons. The van der Waals surface area contributed by atoms with Gasteiger partial charge in [0, 0.05) is 0 Å². The molecule has 0 spiro atoms. The molecule has 0 saturated carbocycles. The van der Waals surface area contributed by atoms with Crippen LogP contribution in [0, 0.1) is 5.41 Å². The number of hydrogen-bond acceptors (Lipinski definition) is 2. The first-order chi connectivity index (χ1) is 6.39. The summed E-state index contributed by atoms with van der Waals surface area (Å²) >= 11 is 0. The Morgan fingerprint density at radius 1 is 1.21 bits per heavy atom. The zero-order valence-corrected chi connectivity index (χ0v) is 8.79. The molecule has 0 heterocycles. The molecule has 3 N–H and O–H groups in total. The van der Waals surface area contributed by atoms with Gasteiger partial charge in [-0.1, -0.05) is 32.9 Å². The summed E-state index contributed by atoms with van der Waals surface area (Å²) < 4.78 is 4.94. The Morgan fingerprint density at radius 2 is 1.71 bits per heavy atom. The van der Waals surface area contributed by atoms with Gasteiger partial charge in [-0.3, -0.25) is 5.41 Å². The third kappa shape index (κ3) is 2.76. The van der Waals surface area contributed by atoms with Gasteiger partial charge in [-0.25, -0.2) is 0 Å². The van der Waals surface area contributed by atoms with Crippen LogP contribution in [0.15, 0.2) is 24.3 Å². The van der Waals surface area contributed by atoms with Crippen LogP contribution in [0.3, 0.4) is 0 Å². The maximum absolute atomic E-state index is 6.96. The third-order valence-corrected chi connectivity index (χ3v) is 1.95. The molecular weight excluding hydrogens is 176 g/mol. The first kappa shape index (κ1) is 10.6. The van der Waals surface area contributed by atoms with E-state index in [1.165, 1.54) is 5.56 Å². The van der Waals surface area contributed by atoms with Gasteiger partial charge in [-0.15, -0.1) is 0 Å². The van der Waals surface area contributed by atoms with Crippen LogP contribution in [-0.4, -0.2) is 6.02 Å². The molecule has 0 aliphatic heterocycles. The maximum atomic E-state index is 6.96. The second-order valence-electron chi connectivity index (χ2n) is 4.24. The predicted octanol–water partition coefficient (Wildman–Crippen LogP) is 2.26. The number of benzene rings is 1. The molecule has 0 fully saturated rings. The zero-order chi connectivity index (χ0) is 10.8. The lowest BCUT2D eigenvalue weighted by Gasteiger charge is -2.18. The van der Waals surface area contributed by atoms with E-state index in [1.807, 2.05) is 24.3 Å². The van der Waals surface area contributed by atoms with Crippen molar-refractivity contribution in [3.8, 4) is 5.75 Å². The highest BCUT2D eigenvalue weighted by Gasteiger charge is 2.12. The standard InChI is InChI=1S/C11H16N2O/c1-11(2,3)8-4-6-9(7-5-8)14-10(12)13/h4-7H,1-3H3,(H3,12,13). The van der Waals surface area contributed by atoms with E-state index >= 15 is 0 Å². The fourth-order valence-electron chi connectivity index (χ4n) is 1.15. The summed E-state index contributed by atoms with van der Waals surface area (Å²) in [7, 11) is 0. The minimum Gasteiger partial charge on any atom is -0.426 e. The van der Waals surface area contributed by atoms with Gasteiger partial charge in [0.2, 0.25) is 0 Å². The van der Waals surface area contributed by atoms with Gasteiger partial charge in [-0.2, -0.15) is 0 Å². The van der Waals surface area contributed by atoms with Crippen molar-refractivity contribution in [2.24, 2.45) is 5.73 Å². The van der Waals surface area contributed by atoms with Crippen LogP contribution in [-0.2, 0) is 5.41 Å². The van der Waals surface area contributed by atoms with E-state index < -0.39 is 0 Å². The molecule has 0 amide bonds. The van der Waals surface area contributed by atoms with Crippen molar-refractivity contribution < 1.29 is 4.74 Å². The van der Waals surface area contributed by atoms with Gasteiger partial charge in [0.05, 0.1) is 0 Å². The monoisotopic (exact) mass is 192 g/mol. The Kier molecular flexibility index (Phi) is 2.79. The maximum Gasteiger partial charge on any atom is 0.284 e. The number of nitrogens with two attached hydrogens (primary N) is 1. The van der Waals surface area contributed by atoms with E-state index in [2.05, 4.69) is 20.8 Å². The Labute approximate surface area is 84.4 Å². The normalized spacial score (nSPS) is 11.1. The summed E-state index contributed by atoms with van der Waals surface area (Å²) in [4.78, 5) is 0. The molecule has 0 atom stereocenters. The number of hydrogen-bond donors (Lipinski definition) is 2. The van der Waals surface area contributed by atoms with Crippen LogP contribution in [0.25, 0.3) is 0 Å². The molecule has 0 aliphatic rings. The molecule has 1 aromatic rings. The van der Waals surface area contributed by atoms with E-state index in [-0.39, 0.29) is 11.4 Å². The topological polar surface area (TPSA) is 59.1 Å². The van der Waals surface area contributed by atoms with Gasteiger partial charge >= 0.3 is 0 Å². The molecule has 14 heavy (non-hydrogen) atoms. The Bertz CT molecular complexity index is 322. The molecule has 0 aliphatic carbocycles. The van der Waals surface area contributed by atoms with E-state index in [9.17, 15) is 0 Å². The van der Waals surface area contributed by atoms with Gasteiger partial charge < -0.3 is 10.5 Å². The quantitative estimate of drug-likeness (QED) is 0.529. The van der Waals surface area contributed by atoms with Crippen molar-refractivity contribution in [3.05, 3.63) is 29.8 Å². The Morgan fingerprint density at radius 3 is 2.07 bits per heavy atom. The zero-order valence-electron chi connectivity index (χ0n) is 8.79. The van der Waals surface area contributed by atoms with E-state index in [4.69, 9.17) is 15.9 Å². The summed E-state index contributed by atoms with van der Waals surface area (Å²) in [5, 5.41) is 6.96. The van der Waals surface area contributed by atoms with Crippen LogP contribution >= 0.6 is 0 Å². The molecule has 0 saturated heterocycles. The lowest BCUT2D eigenvalue weighted by molar-refractivity contribution is 0.534. The minimum atomic E-state index is -0.284. The van der Waals surface area contributed by atoms with Gasteiger partial charge in [-0.05, 0) is 23.1 Å². The highest BCUT2D eigenvalue weighted by atomic mass is 16.5. The highest BCUT2D eigenvalue weighted by molar-refractivity contribution is 5.70. The molecule has 1 aromatic carbocycles. The third-order valence-electron chi connectivity index (χ3n) is 1.95. The molecule has 0 aromatic heterocycles. The fourth-order valence-corrected chi connectivity index (χ4v) is 1.15. The SMILES string of the molecule is CC(C)(C)c1ccc(OC(=N)N)cc1. The summed E-state index contributed by atoms with van der Waals surface area (Å²) in [6, 6.07) is 7.33.